The van der Waals surface area contributed by atoms with Crippen LogP contribution in [0.4, 0.5) is 0 Å². The minimum atomic E-state index is -0.964. The van der Waals surface area contributed by atoms with Crippen molar-refractivity contribution in [1.82, 2.24) is 0 Å². The number of carbonyl (C=O) groups is 1. The van der Waals surface area contributed by atoms with Crippen LogP contribution >= 0.6 is 0 Å². The highest BCUT2D eigenvalue weighted by Crippen LogP contribution is 2.17. The van der Waals surface area contributed by atoms with E-state index in [0.717, 1.165) is 11.1 Å². The van der Waals surface area contributed by atoms with E-state index >= 15 is 0 Å². The van der Waals surface area contributed by atoms with Crippen molar-refractivity contribution in [1.29, 1.82) is 0 Å². The molecule has 2 N–H and O–H groups in total. The fourth-order valence-electron chi connectivity index (χ4n) is 1.53. The highest BCUT2D eigenvalue weighted by molar-refractivity contribution is 5.72. The van der Waals surface area contributed by atoms with Gasteiger partial charge < -0.3 is 14.9 Å². The maximum absolute atomic E-state index is 10.9. The van der Waals surface area contributed by atoms with Gasteiger partial charge in [-0.25, -0.2) is 4.79 Å². The Labute approximate surface area is 94.5 Å². The molecule has 0 aliphatic rings. The zero-order valence-electron chi connectivity index (χ0n) is 9.43. The van der Waals surface area contributed by atoms with Crippen molar-refractivity contribution in [3.05, 3.63) is 29.3 Å². The van der Waals surface area contributed by atoms with Crippen LogP contribution in [0.15, 0.2) is 18.2 Å². The topological polar surface area (TPSA) is 66.8 Å². The lowest BCUT2D eigenvalue weighted by atomic mass is 10.0. The molecule has 4 nitrogen and oxygen atoms in total. The normalized spacial score (nSPS) is 12.4. The lowest BCUT2D eigenvalue weighted by Gasteiger charge is -2.14. The summed E-state index contributed by atoms with van der Waals surface area (Å²) in [5.74, 6) is -0.779. The predicted molar refractivity (Wildman–Crippen MR) is 59.6 cm³/mol. The molecule has 16 heavy (non-hydrogen) atoms. The number of rotatable bonds is 5. The third-order valence-corrected chi connectivity index (χ3v) is 2.37. The number of hydrogen-bond donors (Lipinski definition) is 2. The van der Waals surface area contributed by atoms with Crippen LogP contribution in [0.25, 0.3) is 0 Å². The first-order chi connectivity index (χ1) is 7.54. The van der Waals surface area contributed by atoms with Crippen molar-refractivity contribution in [2.24, 2.45) is 0 Å². The Bertz CT molecular complexity index is 373. The first-order valence-electron chi connectivity index (χ1n) is 5.17. The molecule has 0 bridgehead atoms. The van der Waals surface area contributed by atoms with E-state index in [2.05, 4.69) is 0 Å². The lowest BCUT2D eigenvalue weighted by molar-refractivity contribution is -0.149. The molecule has 0 unspecified atom stereocenters. The second kappa shape index (κ2) is 5.51. The highest BCUT2D eigenvalue weighted by Gasteiger charge is 2.18. The Morgan fingerprint density at radius 2 is 2.19 bits per heavy atom. The molecule has 0 amide bonds. The summed E-state index contributed by atoms with van der Waals surface area (Å²) >= 11 is 0. The summed E-state index contributed by atoms with van der Waals surface area (Å²) in [5, 5.41) is 18.2. The molecule has 0 spiro atoms. The summed E-state index contributed by atoms with van der Waals surface area (Å²) < 4.78 is 5.13. The van der Waals surface area contributed by atoms with E-state index in [4.69, 9.17) is 9.84 Å². The third kappa shape index (κ3) is 3.24. The Balaban J connectivity index is 2.81. The predicted octanol–water partition coefficient (Wildman–Crippen LogP) is 1.73. The van der Waals surface area contributed by atoms with Crippen LogP contribution in [0.3, 0.4) is 0 Å². The highest BCUT2D eigenvalue weighted by atomic mass is 16.5. The van der Waals surface area contributed by atoms with E-state index in [1.807, 2.05) is 6.92 Å². The molecule has 88 valence electrons. The number of benzene rings is 1. The van der Waals surface area contributed by atoms with Crippen molar-refractivity contribution < 1.29 is 19.7 Å². The fourth-order valence-corrected chi connectivity index (χ4v) is 1.53. The second-order valence-electron chi connectivity index (χ2n) is 3.60. The molecule has 1 rings (SSSR count). The quantitative estimate of drug-likeness (QED) is 0.799. The minimum absolute atomic E-state index is 0.185. The van der Waals surface area contributed by atoms with Gasteiger partial charge in [0.1, 0.15) is 5.75 Å². The van der Waals surface area contributed by atoms with E-state index in [1.54, 1.807) is 25.1 Å². The Morgan fingerprint density at radius 3 is 2.69 bits per heavy atom. The van der Waals surface area contributed by atoms with Crippen molar-refractivity contribution in [3.63, 3.8) is 0 Å². The van der Waals surface area contributed by atoms with Crippen molar-refractivity contribution in [2.45, 2.75) is 26.4 Å². The molecule has 0 saturated heterocycles. The molecule has 0 aliphatic heterocycles. The first-order valence-corrected chi connectivity index (χ1v) is 5.17. The minimum Gasteiger partial charge on any atom is -0.508 e. The van der Waals surface area contributed by atoms with Crippen LogP contribution in [0.1, 0.15) is 18.1 Å². The van der Waals surface area contributed by atoms with Gasteiger partial charge in [-0.15, -0.1) is 0 Å². The number of aromatic hydroxyl groups is 1. The Kier molecular flexibility index (Phi) is 4.31. The van der Waals surface area contributed by atoms with Crippen molar-refractivity contribution in [3.8, 4) is 5.75 Å². The average molecular weight is 224 g/mol. The molecular formula is C12H16O4. The number of phenolic OH excluding ortho intramolecular Hbond substituents is 1. The van der Waals surface area contributed by atoms with Gasteiger partial charge in [0.15, 0.2) is 6.10 Å². The molecule has 1 aromatic rings. The van der Waals surface area contributed by atoms with Gasteiger partial charge in [0.05, 0.1) is 0 Å². The van der Waals surface area contributed by atoms with Crippen LogP contribution in [0.2, 0.25) is 0 Å². The van der Waals surface area contributed by atoms with Gasteiger partial charge in [0, 0.05) is 13.0 Å². The molecule has 0 aromatic heterocycles. The van der Waals surface area contributed by atoms with Gasteiger partial charge in [-0.05, 0) is 37.1 Å². The van der Waals surface area contributed by atoms with Gasteiger partial charge in [-0.1, -0.05) is 6.07 Å². The lowest BCUT2D eigenvalue weighted by Crippen LogP contribution is -2.26. The number of carboxylic acid groups (broad SMARTS) is 1. The fraction of sp³-hybridized carbons (Fsp3) is 0.417. The van der Waals surface area contributed by atoms with Gasteiger partial charge >= 0.3 is 5.97 Å². The van der Waals surface area contributed by atoms with Crippen molar-refractivity contribution >= 4 is 5.97 Å². The van der Waals surface area contributed by atoms with Crippen LogP contribution < -0.4 is 0 Å². The summed E-state index contributed by atoms with van der Waals surface area (Å²) in [6, 6.07) is 4.88. The first kappa shape index (κ1) is 12.5. The average Bonchev–Trinajstić information content (AvgIpc) is 2.20. The number of aryl methyl sites for hydroxylation is 1. The number of phenols is 1. The van der Waals surface area contributed by atoms with Gasteiger partial charge in [-0.3, -0.25) is 0 Å². The van der Waals surface area contributed by atoms with Crippen LogP contribution in [-0.2, 0) is 16.0 Å². The van der Waals surface area contributed by atoms with Crippen LogP contribution in [-0.4, -0.2) is 28.9 Å². The number of ether oxygens (including phenoxy) is 1. The maximum Gasteiger partial charge on any atom is 0.333 e. The summed E-state index contributed by atoms with van der Waals surface area (Å²) in [5.41, 5.74) is 1.74. The molecule has 0 aliphatic carbocycles. The standard InChI is InChI=1S/C12H16O4/c1-3-16-11(12(14)15)7-9-4-5-10(13)6-8(9)2/h4-6,11,13H,3,7H2,1-2H3,(H,14,15)/t11-/m0/s1. The second-order valence-corrected chi connectivity index (χ2v) is 3.60. The Morgan fingerprint density at radius 1 is 1.50 bits per heavy atom. The summed E-state index contributed by atoms with van der Waals surface area (Å²) in [7, 11) is 0. The zero-order valence-corrected chi connectivity index (χ0v) is 9.43. The number of carboxylic acids is 1. The summed E-state index contributed by atoms with van der Waals surface area (Å²) in [4.78, 5) is 10.9. The third-order valence-electron chi connectivity index (χ3n) is 2.37. The van der Waals surface area contributed by atoms with Gasteiger partial charge in [0.2, 0.25) is 0 Å². The SMILES string of the molecule is CCO[C@@H](Cc1ccc(O)cc1C)C(=O)O. The largest absolute Gasteiger partial charge is 0.508 e. The van der Waals surface area contributed by atoms with Crippen LogP contribution in [0, 0.1) is 6.92 Å². The van der Waals surface area contributed by atoms with Crippen LogP contribution in [0.5, 0.6) is 5.75 Å². The van der Waals surface area contributed by atoms with E-state index in [-0.39, 0.29) is 5.75 Å². The van der Waals surface area contributed by atoms with Gasteiger partial charge in [0.25, 0.3) is 0 Å². The summed E-state index contributed by atoms with van der Waals surface area (Å²) in [6.07, 6.45) is -0.511. The van der Waals surface area contributed by atoms with E-state index in [9.17, 15) is 9.90 Å². The monoisotopic (exact) mass is 224 g/mol. The Hall–Kier alpha value is -1.55. The van der Waals surface area contributed by atoms with E-state index < -0.39 is 12.1 Å². The molecule has 1 atom stereocenters. The molecule has 0 radical (unpaired) electrons. The molecule has 0 saturated carbocycles. The maximum atomic E-state index is 10.9. The molecule has 0 fully saturated rings. The zero-order chi connectivity index (χ0) is 12.1. The van der Waals surface area contributed by atoms with Gasteiger partial charge in [-0.2, -0.15) is 0 Å². The molecule has 1 aromatic carbocycles. The molecular weight excluding hydrogens is 208 g/mol. The van der Waals surface area contributed by atoms with Crippen molar-refractivity contribution in [2.75, 3.05) is 6.61 Å². The molecule has 0 heterocycles. The van der Waals surface area contributed by atoms with E-state index in [1.165, 1.54) is 0 Å². The number of hydrogen-bond acceptors (Lipinski definition) is 3. The number of aliphatic carboxylic acids is 1. The molecule has 4 heteroatoms. The van der Waals surface area contributed by atoms with E-state index in [0.29, 0.717) is 13.0 Å². The smallest absolute Gasteiger partial charge is 0.333 e. The summed E-state index contributed by atoms with van der Waals surface area (Å²) in [6.45, 7) is 3.97.